The van der Waals surface area contributed by atoms with Crippen molar-refractivity contribution in [3.05, 3.63) is 29.6 Å². The summed E-state index contributed by atoms with van der Waals surface area (Å²) in [5.74, 6) is -0.720. The number of hydrogen-bond acceptors (Lipinski definition) is 7. The molecule has 0 aromatic carbocycles. The Morgan fingerprint density at radius 2 is 2.15 bits per heavy atom. The van der Waals surface area contributed by atoms with Crippen LogP contribution in [0.3, 0.4) is 0 Å². The zero-order valence-electron chi connectivity index (χ0n) is 15.7. The quantitative estimate of drug-likeness (QED) is 0.704. The van der Waals surface area contributed by atoms with Gasteiger partial charge in [-0.2, -0.15) is 10.4 Å². The highest BCUT2D eigenvalue weighted by molar-refractivity contribution is 5.99. The lowest BCUT2D eigenvalue weighted by molar-refractivity contribution is -0.119. The Morgan fingerprint density at radius 3 is 2.63 bits per heavy atom. The van der Waals surface area contributed by atoms with Gasteiger partial charge in [-0.1, -0.05) is 13.8 Å². The van der Waals surface area contributed by atoms with Crippen LogP contribution in [0.4, 0.5) is 5.82 Å². The van der Waals surface area contributed by atoms with Crippen LogP contribution >= 0.6 is 0 Å². The van der Waals surface area contributed by atoms with Crippen molar-refractivity contribution in [2.45, 2.75) is 26.3 Å². The van der Waals surface area contributed by atoms with E-state index in [1.54, 1.807) is 17.9 Å². The average molecular weight is 370 g/mol. The van der Waals surface area contributed by atoms with Crippen LogP contribution in [0.1, 0.15) is 36.2 Å². The number of aromatic nitrogens is 3. The maximum atomic E-state index is 12.2. The number of nitrogens with one attached hydrogen (secondary N) is 1. The van der Waals surface area contributed by atoms with Crippen LogP contribution in [-0.2, 0) is 16.6 Å². The second-order valence-electron chi connectivity index (χ2n) is 6.51. The fourth-order valence-corrected chi connectivity index (χ4v) is 2.66. The number of nitrogens with two attached hydrogens (primary N) is 1. The van der Waals surface area contributed by atoms with Crippen LogP contribution in [0.2, 0.25) is 0 Å². The number of carbonyl (C=O) groups is 2. The van der Waals surface area contributed by atoms with Crippen molar-refractivity contribution < 1.29 is 14.3 Å². The molecule has 9 nitrogen and oxygen atoms in total. The Morgan fingerprint density at radius 1 is 1.44 bits per heavy atom. The summed E-state index contributed by atoms with van der Waals surface area (Å²) in [5, 5.41) is 16.6. The molecule has 2 aromatic heterocycles. The molecule has 0 bridgehead atoms. The van der Waals surface area contributed by atoms with Gasteiger partial charge in [-0.15, -0.1) is 0 Å². The van der Waals surface area contributed by atoms with E-state index in [4.69, 9.17) is 10.5 Å². The molecule has 0 aliphatic heterocycles. The summed E-state index contributed by atoms with van der Waals surface area (Å²) in [6, 6.07) is 2.73. The maximum absolute atomic E-state index is 12.2. The van der Waals surface area contributed by atoms with E-state index in [1.807, 2.05) is 19.9 Å². The highest BCUT2D eigenvalue weighted by Gasteiger charge is 2.24. The third kappa shape index (κ3) is 4.61. The molecular formula is C18H22N6O3. The van der Waals surface area contributed by atoms with E-state index < -0.39 is 17.9 Å². The van der Waals surface area contributed by atoms with Crippen LogP contribution in [0.25, 0.3) is 11.3 Å². The minimum atomic E-state index is -0.682. The molecule has 0 unspecified atom stereocenters. The second kappa shape index (κ2) is 8.31. The predicted octanol–water partition coefficient (Wildman–Crippen LogP) is 1.45. The third-order valence-electron chi connectivity index (χ3n) is 3.88. The van der Waals surface area contributed by atoms with Crippen LogP contribution in [-0.4, -0.2) is 39.8 Å². The largest absolute Gasteiger partial charge is 0.465 e. The van der Waals surface area contributed by atoms with Gasteiger partial charge in [-0.05, 0) is 18.4 Å². The zero-order valence-corrected chi connectivity index (χ0v) is 15.7. The fourth-order valence-electron chi connectivity index (χ4n) is 2.66. The zero-order chi connectivity index (χ0) is 20.1. The molecule has 27 heavy (non-hydrogen) atoms. The van der Waals surface area contributed by atoms with Crippen LogP contribution in [0.15, 0.2) is 18.5 Å². The Hall–Kier alpha value is -3.41. The molecule has 142 valence electrons. The van der Waals surface area contributed by atoms with E-state index in [1.165, 1.54) is 19.4 Å². The molecule has 3 N–H and O–H groups in total. The number of nitrogens with zero attached hydrogens (tertiary/aromatic N) is 4. The highest BCUT2D eigenvalue weighted by atomic mass is 16.5. The Labute approximate surface area is 157 Å². The fraction of sp³-hybridized carbons (Fsp3) is 0.389. The number of hydrogen-bond donors (Lipinski definition) is 2. The van der Waals surface area contributed by atoms with E-state index in [9.17, 15) is 14.9 Å². The van der Waals surface area contributed by atoms with Crippen molar-refractivity contribution in [2.24, 2.45) is 18.7 Å². The normalized spacial score (nSPS) is 11.7. The molecule has 1 amide bonds. The van der Waals surface area contributed by atoms with Crippen molar-refractivity contribution >= 4 is 17.7 Å². The van der Waals surface area contributed by atoms with Gasteiger partial charge in [-0.3, -0.25) is 9.48 Å². The van der Waals surface area contributed by atoms with Gasteiger partial charge in [-0.25, -0.2) is 9.78 Å². The first-order chi connectivity index (χ1) is 12.8. The van der Waals surface area contributed by atoms with E-state index in [-0.39, 0.29) is 28.6 Å². The summed E-state index contributed by atoms with van der Waals surface area (Å²) in [4.78, 5) is 28.4. The first-order valence-electron chi connectivity index (χ1n) is 8.35. The summed E-state index contributed by atoms with van der Waals surface area (Å²) >= 11 is 0. The first-order valence-corrected chi connectivity index (χ1v) is 8.35. The number of aryl methyl sites for hydroxylation is 1. The lowest BCUT2D eigenvalue weighted by atomic mass is 10.0. The lowest BCUT2D eigenvalue weighted by Crippen LogP contribution is -2.36. The van der Waals surface area contributed by atoms with E-state index in [2.05, 4.69) is 15.4 Å². The predicted molar refractivity (Wildman–Crippen MR) is 98.6 cm³/mol. The third-order valence-corrected chi connectivity index (χ3v) is 3.88. The summed E-state index contributed by atoms with van der Waals surface area (Å²) in [5.41, 5.74) is 6.37. The highest BCUT2D eigenvalue weighted by Crippen LogP contribution is 2.28. The summed E-state index contributed by atoms with van der Waals surface area (Å²) in [7, 11) is 2.95. The minimum Gasteiger partial charge on any atom is -0.465 e. The number of anilines is 1. The average Bonchev–Trinajstić information content (AvgIpc) is 3.05. The number of esters is 1. The number of methoxy groups -OCH3 is 1. The molecular weight excluding hydrogens is 348 g/mol. The van der Waals surface area contributed by atoms with Gasteiger partial charge < -0.3 is 15.8 Å². The smallest absolute Gasteiger partial charge is 0.341 e. The number of ether oxygens (including phenoxy) is 1. The molecule has 0 saturated carbocycles. The van der Waals surface area contributed by atoms with Gasteiger partial charge in [0.15, 0.2) is 0 Å². The Balaban J connectivity index is 2.59. The van der Waals surface area contributed by atoms with Crippen molar-refractivity contribution in [2.75, 3.05) is 12.4 Å². The SMILES string of the molecule is COC(=O)c1c(C#N)cc(N[C@H](CC(C)C)C(N)=O)nc1-c1cnn(C)c1. The molecule has 0 saturated heterocycles. The van der Waals surface area contributed by atoms with Crippen molar-refractivity contribution in [3.8, 4) is 17.3 Å². The van der Waals surface area contributed by atoms with Crippen LogP contribution in [0, 0.1) is 17.2 Å². The monoisotopic (exact) mass is 370 g/mol. The van der Waals surface area contributed by atoms with Crippen molar-refractivity contribution in [1.29, 1.82) is 5.26 Å². The molecule has 9 heteroatoms. The van der Waals surface area contributed by atoms with Crippen LogP contribution in [0.5, 0.6) is 0 Å². The molecule has 0 radical (unpaired) electrons. The number of primary amides is 1. The van der Waals surface area contributed by atoms with Crippen LogP contribution < -0.4 is 11.1 Å². The standard InChI is InChI=1S/C18H22N6O3/c1-10(2)5-13(17(20)25)22-14-6-11(7-19)15(18(26)27-4)16(23-14)12-8-21-24(3)9-12/h6,8-10,13H,5H2,1-4H3,(H2,20,25)(H,22,23)/t13-/m1/s1. The van der Waals surface area contributed by atoms with E-state index >= 15 is 0 Å². The van der Waals surface area contributed by atoms with Gasteiger partial charge in [0.2, 0.25) is 5.91 Å². The molecule has 2 aromatic rings. The lowest BCUT2D eigenvalue weighted by Gasteiger charge is -2.19. The Kier molecular flexibility index (Phi) is 6.13. The molecule has 0 aliphatic rings. The Bertz CT molecular complexity index is 897. The topological polar surface area (TPSA) is 136 Å². The number of amides is 1. The molecule has 0 spiro atoms. The van der Waals surface area contributed by atoms with E-state index in [0.29, 0.717) is 12.0 Å². The maximum Gasteiger partial charge on any atom is 0.341 e. The molecule has 1 atom stereocenters. The number of carbonyl (C=O) groups excluding carboxylic acids is 2. The van der Waals surface area contributed by atoms with Crippen molar-refractivity contribution in [3.63, 3.8) is 0 Å². The minimum absolute atomic E-state index is 0.0398. The van der Waals surface area contributed by atoms with Gasteiger partial charge in [0, 0.05) is 18.8 Å². The molecule has 0 aliphatic carbocycles. The first kappa shape index (κ1) is 19.9. The molecule has 2 heterocycles. The molecule has 2 rings (SSSR count). The molecule has 0 fully saturated rings. The number of nitriles is 1. The second-order valence-corrected chi connectivity index (χ2v) is 6.51. The van der Waals surface area contributed by atoms with Crippen molar-refractivity contribution in [1.82, 2.24) is 14.8 Å². The van der Waals surface area contributed by atoms with Gasteiger partial charge >= 0.3 is 5.97 Å². The summed E-state index contributed by atoms with van der Waals surface area (Å²) < 4.78 is 6.36. The van der Waals surface area contributed by atoms with E-state index in [0.717, 1.165) is 0 Å². The number of rotatable bonds is 7. The summed E-state index contributed by atoms with van der Waals surface area (Å²) in [6.07, 6.45) is 3.69. The summed E-state index contributed by atoms with van der Waals surface area (Å²) in [6.45, 7) is 3.93. The van der Waals surface area contributed by atoms with Gasteiger partial charge in [0.25, 0.3) is 0 Å². The van der Waals surface area contributed by atoms with Gasteiger partial charge in [0.1, 0.15) is 23.5 Å². The van der Waals surface area contributed by atoms with Gasteiger partial charge in [0.05, 0.1) is 24.6 Å². The number of pyridine rings is 1.